The van der Waals surface area contributed by atoms with Crippen LogP contribution in [0.4, 0.5) is 0 Å². The molecule has 0 aromatic carbocycles. The molecule has 2 aliphatic rings. The number of ether oxygens (including phenoxy) is 1. The molecule has 4 atom stereocenters. The van der Waals surface area contributed by atoms with Crippen LogP contribution in [0, 0.1) is 11.8 Å². The maximum Gasteiger partial charge on any atom is 0.353 e. The number of carboxylic acid groups (broad SMARTS) is 1. The van der Waals surface area contributed by atoms with Gasteiger partial charge in [-0.25, -0.2) is 4.79 Å². The van der Waals surface area contributed by atoms with E-state index in [0.29, 0.717) is 11.5 Å². The highest BCUT2D eigenvalue weighted by Gasteiger charge is 2.59. The molecule has 0 unspecified atom stereocenters. The first-order valence-corrected chi connectivity index (χ1v) is 9.06. The Morgan fingerprint density at radius 2 is 2.08 bits per heavy atom. The summed E-state index contributed by atoms with van der Waals surface area (Å²) in [6.45, 7) is 5.70. The van der Waals surface area contributed by atoms with Gasteiger partial charge in [-0.3, -0.25) is 9.59 Å². The van der Waals surface area contributed by atoms with Gasteiger partial charge >= 0.3 is 11.9 Å². The van der Waals surface area contributed by atoms with Crippen LogP contribution in [0.25, 0.3) is 0 Å². The molecule has 0 saturated carbocycles. The van der Waals surface area contributed by atoms with Crippen LogP contribution in [-0.4, -0.2) is 57.5 Å². The Bertz CT molecular complexity index is 573. The minimum absolute atomic E-state index is 0.00820. The fourth-order valence-corrected chi connectivity index (χ4v) is 4.31. The lowest BCUT2D eigenvalue weighted by atomic mass is 9.79. The number of hydrogen-bond acceptors (Lipinski definition) is 6. The molecule has 0 aromatic heterocycles. The Morgan fingerprint density at radius 1 is 1.42 bits per heavy atom. The zero-order valence-electron chi connectivity index (χ0n) is 14.0. The number of esters is 1. The van der Waals surface area contributed by atoms with Gasteiger partial charge in [0, 0.05) is 10.8 Å². The van der Waals surface area contributed by atoms with Gasteiger partial charge in [0.25, 0.3) is 0 Å². The Morgan fingerprint density at radius 3 is 2.62 bits per heavy atom. The lowest BCUT2D eigenvalue weighted by Crippen LogP contribution is -2.63. The Balaban J connectivity index is 2.09. The Kier molecular flexibility index (Phi) is 5.92. The van der Waals surface area contributed by atoms with Crippen LogP contribution in [0.2, 0.25) is 0 Å². The molecule has 24 heavy (non-hydrogen) atoms. The van der Waals surface area contributed by atoms with Crippen molar-refractivity contribution in [3.8, 4) is 0 Å². The molecule has 2 rings (SSSR count). The summed E-state index contributed by atoms with van der Waals surface area (Å²) in [4.78, 5) is 37.2. The molecule has 2 N–H and O–H groups in total. The quantitative estimate of drug-likeness (QED) is 0.382. The minimum atomic E-state index is -1.19. The number of nitrogens with zero attached hydrogens (tertiary/aromatic N) is 1. The largest absolute Gasteiger partial charge is 0.477 e. The summed E-state index contributed by atoms with van der Waals surface area (Å²) in [5, 5.41) is 19.2. The van der Waals surface area contributed by atoms with Crippen molar-refractivity contribution in [3.63, 3.8) is 0 Å². The molecule has 134 valence electrons. The van der Waals surface area contributed by atoms with Crippen molar-refractivity contribution < 1.29 is 29.3 Å². The number of β-lactam (4-membered cyclic amide) rings is 1. The van der Waals surface area contributed by atoms with Gasteiger partial charge in [0.1, 0.15) is 5.70 Å². The van der Waals surface area contributed by atoms with Crippen molar-refractivity contribution in [1.29, 1.82) is 0 Å². The number of hydrogen-bond donors (Lipinski definition) is 2. The van der Waals surface area contributed by atoms with Crippen molar-refractivity contribution in [2.45, 2.75) is 45.8 Å². The van der Waals surface area contributed by atoms with Crippen LogP contribution in [-0.2, 0) is 19.1 Å². The summed E-state index contributed by atoms with van der Waals surface area (Å²) in [5.41, 5.74) is -0.0687. The Hall–Kier alpha value is -1.54. The molecule has 1 amide bonds. The summed E-state index contributed by atoms with van der Waals surface area (Å²) in [7, 11) is 0. The molecule has 2 heterocycles. The second kappa shape index (κ2) is 7.57. The lowest BCUT2D eigenvalue weighted by molar-refractivity contribution is -0.163. The first-order valence-electron chi connectivity index (χ1n) is 8.08. The molecule has 0 radical (unpaired) electrons. The molecular formula is C16H23NO6S. The normalized spacial score (nSPS) is 26.9. The molecule has 1 fully saturated rings. The van der Waals surface area contributed by atoms with E-state index in [1.807, 2.05) is 13.8 Å². The van der Waals surface area contributed by atoms with Gasteiger partial charge in [-0.2, -0.15) is 0 Å². The zero-order chi connectivity index (χ0) is 18.0. The lowest BCUT2D eigenvalue weighted by Gasteiger charge is -2.46. The monoisotopic (exact) mass is 357 g/mol. The van der Waals surface area contributed by atoms with E-state index in [0.717, 1.165) is 24.6 Å². The molecule has 0 aromatic rings. The first kappa shape index (κ1) is 18.8. The highest BCUT2D eigenvalue weighted by Crippen LogP contribution is 2.50. The molecule has 2 aliphatic heterocycles. The first-order chi connectivity index (χ1) is 11.3. The number of carbonyl (C=O) groups is 3. The number of aliphatic hydroxyl groups is 1. The molecule has 8 heteroatoms. The highest BCUT2D eigenvalue weighted by atomic mass is 32.2. The van der Waals surface area contributed by atoms with Crippen LogP contribution in [0.1, 0.15) is 33.6 Å². The summed E-state index contributed by atoms with van der Waals surface area (Å²) in [6.07, 6.45) is 0.876. The van der Waals surface area contributed by atoms with E-state index < -0.39 is 24.0 Å². The highest BCUT2D eigenvalue weighted by molar-refractivity contribution is 8.03. The minimum Gasteiger partial charge on any atom is -0.477 e. The van der Waals surface area contributed by atoms with Crippen LogP contribution in [0.5, 0.6) is 0 Å². The summed E-state index contributed by atoms with van der Waals surface area (Å²) in [5.74, 6) is -2.78. The summed E-state index contributed by atoms with van der Waals surface area (Å²) >= 11 is 1.11. The fraction of sp³-hybridized carbons (Fsp3) is 0.688. The number of aliphatic hydroxyl groups excluding tert-OH is 1. The van der Waals surface area contributed by atoms with Crippen LogP contribution < -0.4 is 0 Å². The average Bonchev–Trinajstić information content (AvgIpc) is 2.74. The van der Waals surface area contributed by atoms with Gasteiger partial charge < -0.3 is 19.8 Å². The van der Waals surface area contributed by atoms with E-state index in [9.17, 15) is 24.6 Å². The molecule has 0 spiro atoms. The number of fused-ring (bicyclic) bond motifs is 1. The van der Waals surface area contributed by atoms with Crippen LogP contribution in [0.3, 0.4) is 0 Å². The maximum atomic E-state index is 12.2. The molecule has 0 bridgehead atoms. The van der Waals surface area contributed by atoms with E-state index in [1.54, 1.807) is 0 Å². The predicted molar refractivity (Wildman–Crippen MR) is 88.0 cm³/mol. The van der Waals surface area contributed by atoms with Gasteiger partial charge in [0.15, 0.2) is 0 Å². The van der Waals surface area contributed by atoms with Gasteiger partial charge in [-0.05, 0) is 13.3 Å². The fourth-order valence-electron chi connectivity index (χ4n) is 3.22. The van der Waals surface area contributed by atoms with Gasteiger partial charge in [0.2, 0.25) is 5.91 Å². The van der Waals surface area contributed by atoms with Gasteiger partial charge in [-0.15, -0.1) is 11.8 Å². The van der Waals surface area contributed by atoms with E-state index in [1.165, 1.54) is 11.8 Å². The van der Waals surface area contributed by atoms with Crippen molar-refractivity contribution in [1.82, 2.24) is 4.90 Å². The second-order valence-electron chi connectivity index (χ2n) is 6.13. The summed E-state index contributed by atoms with van der Waals surface area (Å²) in [6, 6.07) is -0.359. The predicted octanol–water partition coefficient (Wildman–Crippen LogP) is 1.22. The average molecular weight is 357 g/mol. The zero-order valence-corrected chi connectivity index (χ0v) is 14.8. The van der Waals surface area contributed by atoms with E-state index in [2.05, 4.69) is 0 Å². The van der Waals surface area contributed by atoms with Gasteiger partial charge in [-0.1, -0.05) is 20.3 Å². The topological polar surface area (TPSA) is 104 Å². The standard InChI is InChI=1S/C16H23NO6S/c1-4-5-6-23-10(19)7-24-14-8(2)12-11(9(3)18)15(20)17(12)13(14)16(21)22/h8-9,11-12,18H,4-7H2,1-3H3,(H,21,22)/t8-,9-,11-,12-/m1/s1. The van der Waals surface area contributed by atoms with Crippen LogP contribution >= 0.6 is 11.8 Å². The number of carboxylic acids is 1. The molecular weight excluding hydrogens is 334 g/mol. The third kappa shape index (κ3) is 3.30. The number of unbranched alkanes of at least 4 members (excludes halogenated alkanes) is 1. The van der Waals surface area contributed by atoms with Crippen molar-refractivity contribution in [2.75, 3.05) is 12.4 Å². The number of thioether (sulfide) groups is 1. The van der Waals surface area contributed by atoms with Crippen molar-refractivity contribution >= 4 is 29.6 Å². The van der Waals surface area contributed by atoms with Crippen molar-refractivity contribution in [2.24, 2.45) is 11.8 Å². The van der Waals surface area contributed by atoms with E-state index in [-0.39, 0.29) is 29.3 Å². The van der Waals surface area contributed by atoms with Gasteiger partial charge in [0.05, 0.1) is 30.4 Å². The third-order valence-electron chi connectivity index (χ3n) is 4.42. The van der Waals surface area contributed by atoms with E-state index in [4.69, 9.17) is 4.74 Å². The number of carbonyl (C=O) groups excluding carboxylic acids is 2. The molecule has 0 aliphatic carbocycles. The maximum absolute atomic E-state index is 12.2. The van der Waals surface area contributed by atoms with Crippen LogP contribution in [0.15, 0.2) is 10.6 Å². The summed E-state index contributed by atoms with van der Waals surface area (Å²) < 4.78 is 5.07. The SMILES string of the molecule is CCCCOC(=O)CSC1=C(C(=O)O)N2C(=O)[C@H]([C@@H](C)O)[C@H]2[C@H]1C. The van der Waals surface area contributed by atoms with E-state index >= 15 is 0 Å². The second-order valence-corrected chi connectivity index (χ2v) is 7.15. The molecule has 1 saturated heterocycles. The number of aliphatic carboxylic acids is 1. The Labute approximate surface area is 145 Å². The number of rotatable bonds is 8. The smallest absolute Gasteiger partial charge is 0.353 e. The molecule has 7 nitrogen and oxygen atoms in total. The number of amides is 1. The third-order valence-corrected chi connectivity index (χ3v) is 5.67. The van der Waals surface area contributed by atoms with Crippen molar-refractivity contribution in [3.05, 3.63) is 10.6 Å².